The molecule has 0 saturated carbocycles. The van der Waals surface area contributed by atoms with Crippen molar-refractivity contribution in [3.05, 3.63) is 0 Å². The highest BCUT2D eigenvalue weighted by molar-refractivity contribution is 6.55. The Morgan fingerprint density at radius 2 is 1.20 bits per heavy atom. The van der Waals surface area contributed by atoms with Gasteiger partial charge in [-0.2, -0.15) is 0 Å². The smallest absolute Gasteiger partial charge is 0.451 e. The number of carbonyl (C=O) groups excluding carboxylic acids is 1. The van der Waals surface area contributed by atoms with Crippen molar-refractivity contribution in [3.8, 4) is 0 Å². The fraction of sp³-hybridized carbons (Fsp3) is 0.947. The molecule has 0 aromatic carbocycles. The summed E-state index contributed by atoms with van der Waals surface area (Å²) >= 11 is 0. The van der Waals surface area contributed by atoms with Gasteiger partial charge in [-0.1, -0.05) is 51.9 Å². The van der Waals surface area contributed by atoms with Crippen molar-refractivity contribution in [2.45, 2.75) is 92.9 Å². The van der Waals surface area contributed by atoms with Crippen LogP contribution in [-0.4, -0.2) is 34.8 Å². The molecule has 0 aliphatic carbocycles. The molecule has 0 fully saturated rings. The number of carbonyl (C=O) groups is 1. The first-order valence-corrected chi connectivity index (χ1v) is 11.7. The predicted octanol–water partition coefficient (Wildman–Crippen LogP) is 5.24. The van der Waals surface area contributed by atoms with E-state index in [0.717, 1.165) is 19.3 Å². The van der Waals surface area contributed by atoms with Gasteiger partial charge in [-0.05, 0) is 41.0 Å². The molecule has 0 saturated heterocycles. The van der Waals surface area contributed by atoms with Crippen LogP contribution >= 0.6 is 0 Å². The van der Waals surface area contributed by atoms with E-state index in [0.29, 0.717) is 19.8 Å². The number of unbranched alkanes of at least 4 members (excludes halogenated alkanes) is 6. The van der Waals surface area contributed by atoms with Crippen molar-refractivity contribution < 1.29 is 22.5 Å². The van der Waals surface area contributed by atoms with Gasteiger partial charge in [-0.15, -0.1) is 0 Å². The second-order valence-corrected chi connectivity index (χ2v) is 9.01. The zero-order valence-corrected chi connectivity index (χ0v) is 18.3. The Morgan fingerprint density at radius 3 is 1.64 bits per heavy atom. The third-order valence-electron chi connectivity index (χ3n) is 4.14. The summed E-state index contributed by atoms with van der Waals surface area (Å²) in [6.07, 6.45) is 9.41. The van der Waals surface area contributed by atoms with Gasteiger partial charge in [0.05, 0.1) is 5.41 Å². The van der Waals surface area contributed by atoms with Crippen LogP contribution in [0.1, 0.15) is 92.9 Å². The van der Waals surface area contributed by atoms with Gasteiger partial charge in [0.1, 0.15) is 0 Å². The maximum absolute atomic E-state index is 12.7. The molecule has 0 bridgehead atoms. The molecule has 150 valence electrons. The average Bonchev–Trinajstić information content (AvgIpc) is 2.54. The molecule has 0 aliphatic heterocycles. The van der Waals surface area contributed by atoms with Crippen LogP contribution in [0.3, 0.4) is 0 Å². The number of hydrogen-bond donors (Lipinski definition) is 0. The van der Waals surface area contributed by atoms with E-state index >= 15 is 0 Å². The minimum Gasteiger partial charge on any atom is -0.451 e. The van der Waals surface area contributed by atoms with Gasteiger partial charge in [0, 0.05) is 19.8 Å². The molecule has 5 nitrogen and oxygen atoms in total. The Labute approximate surface area is 156 Å². The normalized spacial score (nSPS) is 12.4. The molecule has 0 aliphatic rings. The molecule has 0 atom stereocenters. The van der Waals surface area contributed by atoms with Gasteiger partial charge >= 0.3 is 15.0 Å². The van der Waals surface area contributed by atoms with Crippen LogP contribution in [0.2, 0.25) is 0 Å². The van der Waals surface area contributed by atoms with Crippen LogP contribution < -0.4 is 0 Å². The summed E-state index contributed by atoms with van der Waals surface area (Å²) in [7, 11) is -3.39. The summed E-state index contributed by atoms with van der Waals surface area (Å²) in [5, 5.41) is 0. The topological polar surface area (TPSA) is 54.0 Å². The summed E-state index contributed by atoms with van der Waals surface area (Å²) in [6, 6.07) is 0. The number of hydrogen-bond acceptors (Lipinski definition) is 5. The second kappa shape index (κ2) is 13.7. The first-order valence-electron chi connectivity index (χ1n) is 10.0. The van der Waals surface area contributed by atoms with Crippen molar-refractivity contribution in [3.63, 3.8) is 0 Å². The van der Waals surface area contributed by atoms with Crippen LogP contribution in [0, 0.1) is 5.41 Å². The highest BCUT2D eigenvalue weighted by atomic mass is 28.4. The van der Waals surface area contributed by atoms with Gasteiger partial charge < -0.3 is 17.7 Å². The first-order chi connectivity index (χ1) is 11.9. The molecule has 0 aromatic heterocycles. The molecular formula is C19H40O5Si. The largest absolute Gasteiger partial charge is 0.751 e. The third kappa shape index (κ3) is 10.3. The molecule has 0 rings (SSSR count). The van der Waals surface area contributed by atoms with Crippen LogP contribution in [0.15, 0.2) is 0 Å². The van der Waals surface area contributed by atoms with E-state index < -0.39 is 14.5 Å². The van der Waals surface area contributed by atoms with E-state index in [4.69, 9.17) is 17.7 Å². The van der Waals surface area contributed by atoms with Gasteiger partial charge in [-0.3, -0.25) is 4.79 Å². The minimum absolute atomic E-state index is 0.291. The van der Waals surface area contributed by atoms with Crippen LogP contribution in [0.25, 0.3) is 0 Å². The number of rotatable bonds is 16. The summed E-state index contributed by atoms with van der Waals surface area (Å²) in [4.78, 5) is 12.7. The zero-order chi connectivity index (χ0) is 19.2. The monoisotopic (exact) mass is 376 g/mol. The minimum atomic E-state index is -3.39. The van der Waals surface area contributed by atoms with Crippen molar-refractivity contribution in [1.82, 2.24) is 0 Å². The van der Waals surface area contributed by atoms with Gasteiger partial charge in [0.2, 0.25) is 0 Å². The molecule has 6 heteroatoms. The van der Waals surface area contributed by atoms with Crippen molar-refractivity contribution >= 4 is 15.0 Å². The van der Waals surface area contributed by atoms with Crippen LogP contribution in [0.4, 0.5) is 0 Å². The summed E-state index contributed by atoms with van der Waals surface area (Å²) in [5.41, 5.74) is -0.563. The average molecular weight is 377 g/mol. The van der Waals surface area contributed by atoms with Gasteiger partial charge in [0.25, 0.3) is 0 Å². The lowest BCUT2D eigenvalue weighted by Gasteiger charge is -2.30. The Bertz CT molecular complexity index is 330. The Kier molecular flexibility index (Phi) is 13.5. The highest BCUT2D eigenvalue weighted by Crippen LogP contribution is 2.28. The molecule has 0 unspecified atom stereocenters. The maximum Gasteiger partial charge on any atom is 0.751 e. The fourth-order valence-corrected chi connectivity index (χ4v) is 4.61. The highest BCUT2D eigenvalue weighted by Gasteiger charge is 2.51. The first kappa shape index (κ1) is 24.6. The Morgan fingerprint density at radius 1 is 0.760 bits per heavy atom. The lowest BCUT2D eigenvalue weighted by atomic mass is 9.87. The van der Waals surface area contributed by atoms with E-state index in [1.165, 1.54) is 32.1 Å². The second-order valence-electron chi connectivity index (χ2n) is 6.94. The zero-order valence-electron chi connectivity index (χ0n) is 17.3. The van der Waals surface area contributed by atoms with Crippen LogP contribution in [-0.2, 0) is 22.5 Å². The molecule has 0 aromatic rings. The molecular weight excluding hydrogens is 336 g/mol. The lowest BCUT2D eigenvalue weighted by Crippen LogP contribution is -2.52. The van der Waals surface area contributed by atoms with Gasteiger partial charge in [0.15, 0.2) is 0 Å². The van der Waals surface area contributed by atoms with E-state index in [-0.39, 0.29) is 5.97 Å². The quantitative estimate of drug-likeness (QED) is 0.272. The predicted molar refractivity (Wildman–Crippen MR) is 103 cm³/mol. The standard InChI is InChI=1S/C19H40O5Si/c1-7-11-12-13-14-15-16-17-19(5,6)18(20)24-25(21-8-2,22-9-3)23-10-4/h7-17H2,1-6H3. The fourth-order valence-electron chi connectivity index (χ4n) is 2.62. The van der Waals surface area contributed by atoms with Crippen LogP contribution in [0.5, 0.6) is 0 Å². The molecule has 0 heterocycles. The third-order valence-corrected chi connectivity index (χ3v) is 6.50. The van der Waals surface area contributed by atoms with E-state index in [9.17, 15) is 4.79 Å². The van der Waals surface area contributed by atoms with Crippen molar-refractivity contribution in [2.24, 2.45) is 5.41 Å². The molecule has 25 heavy (non-hydrogen) atoms. The molecule has 0 radical (unpaired) electrons. The summed E-state index contributed by atoms with van der Waals surface area (Å²) in [6.45, 7) is 12.8. The lowest BCUT2D eigenvalue weighted by molar-refractivity contribution is -0.155. The summed E-state index contributed by atoms with van der Waals surface area (Å²) < 4.78 is 22.5. The summed E-state index contributed by atoms with van der Waals surface area (Å²) in [5.74, 6) is -0.291. The maximum atomic E-state index is 12.7. The molecule has 0 N–H and O–H groups in total. The van der Waals surface area contributed by atoms with E-state index in [1.54, 1.807) is 0 Å². The Balaban J connectivity index is 4.49. The molecule has 0 amide bonds. The van der Waals surface area contributed by atoms with Crippen molar-refractivity contribution in [1.29, 1.82) is 0 Å². The Hall–Kier alpha value is -0.433. The van der Waals surface area contributed by atoms with Gasteiger partial charge in [-0.25, -0.2) is 0 Å². The van der Waals surface area contributed by atoms with E-state index in [2.05, 4.69) is 6.92 Å². The SMILES string of the molecule is CCCCCCCCCC(C)(C)C(=O)O[Si](OCC)(OCC)OCC. The van der Waals surface area contributed by atoms with E-state index in [1.807, 2.05) is 34.6 Å². The van der Waals surface area contributed by atoms with Crippen molar-refractivity contribution in [2.75, 3.05) is 19.8 Å². The molecule has 0 spiro atoms.